The van der Waals surface area contributed by atoms with Crippen LogP contribution in [0.4, 0.5) is 0 Å². The Morgan fingerprint density at radius 3 is 2.50 bits per heavy atom. The van der Waals surface area contributed by atoms with Gasteiger partial charge in [0.2, 0.25) is 0 Å². The van der Waals surface area contributed by atoms with Crippen molar-refractivity contribution in [3.8, 4) is 0 Å². The molecule has 1 saturated heterocycles. The summed E-state index contributed by atoms with van der Waals surface area (Å²) in [7, 11) is 0. The average Bonchev–Trinajstić information content (AvgIpc) is 2.16. The Kier molecular flexibility index (Phi) is 3.32. The van der Waals surface area contributed by atoms with Gasteiger partial charge in [-0.25, -0.2) is 0 Å². The summed E-state index contributed by atoms with van der Waals surface area (Å²) in [4.78, 5) is 12.1. The van der Waals surface area contributed by atoms with Crippen molar-refractivity contribution >= 4 is 5.78 Å². The molecule has 0 aliphatic carbocycles. The van der Waals surface area contributed by atoms with Gasteiger partial charge in [-0.3, -0.25) is 4.79 Å². The summed E-state index contributed by atoms with van der Waals surface area (Å²) in [6.45, 7) is 6.66. The molecule has 1 N–H and O–H groups in total. The van der Waals surface area contributed by atoms with E-state index in [1.54, 1.807) is 0 Å². The molecule has 0 spiro atoms. The Labute approximate surface area is 85.5 Å². The highest BCUT2D eigenvalue weighted by atomic mass is 16.5. The summed E-state index contributed by atoms with van der Waals surface area (Å²) in [5, 5.41) is 9.37. The number of ketones is 1. The summed E-state index contributed by atoms with van der Waals surface area (Å²) in [6, 6.07) is 0. The van der Waals surface area contributed by atoms with Crippen LogP contribution in [-0.4, -0.2) is 30.7 Å². The van der Waals surface area contributed by atoms with Crippen LogP contribution >= 0.6 is 0 Å². The predicted octanol–water partition coefficient (Wildman–Crippen LogP) is 1.39. The number of Topliss-reactive ketones (excluding diaryl/α,β-unsaturated/α-hetero) is 1. The molecule has 1 aliphatic heterocycles. The first-order valence-electron chi connectivity index (χ1n) is 5.16. The van der Waals surface area contributed by atoms with Gasteiger partial charge in [-0.2, -0.15) is 0 Å². The van der Waals surface area contributed by atoms with Crippen LogP contribution in [0.5, 0.6) is 0 Å². The van der Waals surface area contributed by atoms with Gasteiger partial charge < -0.3 is 9.84 Å². The van der Waals surface area contributed by atoms with Crippen LogP contribution in [-0.2, 0) is 9.53 Å². The van der Waals surface area contributed by atoms with Gasteiger partial charge in [0.05, 0.1) is 18.6 Å². The summed E-state index contributed by atoms with van der Waals surface area (Å²) in [5.41, 5.74) is -1.04. The van der Waals surface area contributed by atoms with E-state index in [-0.39, 0.29) is 12.4 Å². The van der Waals surface area contributed by atoms with Crippen LogP contribution in [0.15, 0.2) is 0 Å². The van der Waals surface area contributed by atoms with Gasteiger partial charge in [0.1, 0.15) is 5.78 Å². The fraction of sp³-hybridized carbons (Fsp3) is 0.909. The van der Waals surface area contributed by atoms with E-state index in [0.29, 0.717) is 13.2 Å². The first-order valence-corrected chi connectivity index (χ1v) is 5.16. The third-order valence-electron chi connectivity index (χ3n) is 2.79. The van der Waals surface area contributed by atoms with Crippen LogP contribution in [0.1, 0.15) is 33.6 Å². The lowest BCUT2D eigenvalue weighted by atomic mass is 9.70. The Bertz CT molecular complexity index is 209. The lowest BCUT2D eigenvalue weighted by molar-refractivity contribution is -0.148. The molecule has 0 aromatic heterocycles. The van der Waals surface area contributed by atoms with E-state index in [9.17, 15) is 9.90 Å². The van der Waals surface area contributed by atoms with Gasteiger partial charge in [-0.05, 0) is 12.8 Å². The molecule has 14 heavy (non-hydrogen) atoms. The van der Waals surface area contributed by atoms with E-state index in [1.807, 2.05) is 20.8 Å². The molecule has 1 aliphatic rings. The van der Waals surface area contributed by atoms with Crippen molar-refractivity contribution in [3.63, 3.8) is 0 Å². The second-order valence-electron chi connectivity index (χ2n) is 5.17. The first-order chi connectivity index (χ1) is 6.42. The monoisotopic (exact) mass is 200 g/mol. The van der Waals surface area contributed by atoms with E-state index >= 15 is 0 Å². The maximum absolute atomic E-state index is 12.1. The van der Waals surface area contributed by atoms with Gasteiger partial charge in [-0.15, -0.1) is 0 Å². The number of aliphatic hydroxyl groups is 1. The van der Waals surface area contributed by atoms with Crippen LogP contribution in [0.2, 0.25) is 0 Å². The molecule has 0 amide bonds. The highest BCUT2D eigenvalue weighted by molar-refractivity contribution is 5.89. The SMILES string of the molecule is CC(C)(C)C(=O)C1(CO)CCCOC1. The molecule has 82 valence electrons. The summed E-state index contributed by atoms with van der Waals surface area (Å²) < 4.78 is 5.31. The molecule has 1 fully saturated rings. The Morgan fingerprint density at radius 2 is 2.14 bits per heavy atom. The fourth-order valence-corrected chi connectivity index (χ4v) is 2.02. The number of rotatable bonds is 2. The van der Waals surface area contributed by atoms with Crippen molar-refractivity contribution < 1.29 is 14.6 Å². The minimum absolute atomic E-state index is 0.0941. The van der Waals surface area contributed by atoms with Crippen LogP contribution < -0.4 is 0 Å². The van der Waals surface area contributed by atoms with Crippen LogP contribution in [0.25, 0.3) is 0 Å². The third kappa shape index (κ3) is 2.15. The molecule has 1 atom stereocenters. The largest absolute Gasteiger partial charge is 0.395 e. The van der Waals surface area contributed by atoms with Crippen LogP contribution in [0.3, 0.4) is 0 Å². The normalized spacial score (nSPS) is 28.9. The zero-order chi connectivity index (χ0) is 10.8. The predicted molar refractivity (Wildman–Crippen MR) is 54.0 cm³/mol. The molecule has 0 aromatic rings. The summed E-state index contributed by atoms with van der Waals surface area (Å²) >= 11 is 0. The molecule has 0 radical (unpaired) electrons. The van der Waals surface area contributed by atoms with Crippen molar-refractivity contribution in [1.29, 1.82) is 0 Å². The molecule has 1 unspecified atom stereocenters. The van der Waals surface area contributed by atoms with Gasteiger partial charge in [-0.1, -0.05) is 20.8 Å². The van der Waals surface area contributed by atoms with Gasteiger partial charge in [0, 0.05) is 12.0 Å². The molecule has 0 aromatic carbocycles. The van der Waals surface area contributed by atoms with Crippen molar-refractivity contribution in [2.75, 3.05) is 19.8 Å². The number of ether oxygens (including phenoxy) is 1. The minimum Gasteiger partial charge on any atom is -0.395 e. The third-order valence-corrected chi connectivity index (χ3v) is 2.79. The molecule has 1 rings (SSSR count). The topological polar surface area (TPSA) is 46.5 Å². The lowest BCUT2D eigenvalue weighted by Crippen LogP contribution is -2.47. The molecule has 3 heteroatoms. The fourth-order valence-electron chi connectivity index (χ4n) is 2.02. The zero-order valence-electron chi connectivity index (χ0n) is 9.30. The molecular weight excluding hydrogens is 180 g/mol. The second kappa shape index (κ2) is 3.99. The summed E-state index contributed by atoms with van der Waals surface area (Å²) in [6.07, 6.45) is 1.61. The first kappa shape index (κ1) is 11.7. The Balaban J connectivity index is 2.83. The van der Waals surface area contributed by atoms with Gasteiger partial charge in [0.15, 0.2) is 0 Å². The van der Waals surface area contributed by atoms with E-state index in [1.165, 1.54) is 0 Å². The lowest BCUT2D eigenvalue weighted by Gasteiger charge is -2.38. The quantitative estimate of drug-likeness (QED) is 0.732. The highest BCUT2D eigenvalue weighted by Crippen LogP contribution is 2.36. The number of hydrogen-bond acceptors (Lipinski definition) is 3. The van der Waals surface area contributed by atoms with E-state index in [0.717, 1.165) is 12.8 Å². The van der Waals surface area contributed by atoms with Crippen molar-refractivity contribution in [2.45, 2.75) is 33.6 Å². The Morgan fingerprint density at radius 1 is 1.50 bits per heavy atom. The molecular formula is C11H20O3. The van der Waals surface area contributed by atoms with E-state index in [2.05, 4.69) is 0 Å². The van der Waals surface area contributed by atoms with E-state index < -0.39 is 10.8 Å². The maximum atomic E-state index is 12.1. The highest BCUT2D eigenvalue weighted by Gasteiger charge is 2.44. The number of hydrogen-bond donors (Lipinski definition) is 1. The standard InChI is InChI=1S/C11H20O3/c1-10(2,3)9(13)11(7-12)5-4-6-14-8-11/h12H,4-8H2,1-3H3. The minimum atomic E-state index is -0.642. The number of carbonyl (C=O) groups is 1. The van der Waals surface area contributed by atoms with Crippen molar-refractivity contribution in [1.82, 2.24) is 0 Å². The van der Waals surface area contributed by atoms with Crippen molar-refractivity contribution in [2.24, 2.45) is 10.8 Å². The second-order valence-corrected chi connectivity index (χ2v) is 5.17. The molecule has 1 heterocycles. The number of carbonyl (C=O) groups excluding carboxylic acids is 1. The van der Waals surface area contributed by atoms with Gasteiger partial charge >= 0.3 is 0 Å². The molecule has 0 bridgehead atoms. The Hall–Kier alpha value is -0.410. The van der Waals surface area contributed by atoms with Crippen molar-refractivity contribution in [3.05, 3.63) is 0 Å². The average molecular weight is 200 g/mol. The molecule has 3 nitrogen and oxygen atoms in total. The molecule has 0 saturated carbocycles. The summed E-state index contributed by atoms with van der Waals surface area (Å²) in [5.74, 6) is 0.118. The van der Waals surface area contributed by atoms with E-state index in [4.69, 9.17) is 4.74 Å². The van der Waals surface area contributed by atoms with Gasteiger partial charge in [0.25, 0.3) is 0 Å². The smallest absolute Gasteiger partial charge is 0.148 e. The van der Waals surface area contributed by atoms with Crippen LogP contribution in [0, 0.1) is 10.8 Å². The maximum Gasteiger partial charge on any atom is 0.148 e. The number of aliphatic hydroxyl groups excluding tert-OH is 1. The zero-order valence-corrected chi connectivity index (χ0v) is 9.30.